The summed E-state index contributed by atoms with van der Waals surface area (Å²) in [5.41, 5.74) is 8.90. The van der Waals surface area contributed by atoms with E-state index in [4.69, 9.17) is 5.73 Å². The first-order valence-electron chi connectivity index (χ1n) is 6.93. The summed E-state index contributed by atoms with van der Waals surface area (Å²) in [6, 6.07) is 11.1. The zero-order chi connectivity index (χ0) is 14.8. The molecule has 0 aliphatic heterocycles. The van der Waals surface area contributed by atoms with Crippen LogP contribution in [-0.4, -0.2) is 6.54 Å². The van der Waals surface area contributed by atoms with Gasteiger partial charge >= 0.3 is 0 Å². The van der Waals surface area contributed by atoms with Gasteiger partial charge in [-0.1, -0.05) is 32.9 Å². The van der Waals surface area contributed by atoms with Gasteiger partial charge in [0.2, 0.25) is 0 Å². The zero-order valence-corrected chi connectivity index (χ0v) is 14.3. The van der Waals surface area contributed by atoms with Crippen LogP contribution in [0.15, 0.2) is 40.6 Å². The number of thiophene rings is 1. The molecule has 0 amide bonds. The molecule has 108 valence electrons. The van der Waals surface area contributed by atoms with Gasteiger partial charge in [-0.2, -0.15) is 0 Å². The molecule has 0 spiro atoms. The maximum absolute atomic E-state index is 5.97. The van der Waals surface area contributed by atoms with Crippen molar-refractivity contribution in [2.45, 2.75) is 43.3 Å². The highest BCUT2D eigenvalue weighted by Crippen LogP contribution is 2.39. The van der Waals surface area contributed by atoms with Gasteiger partial charge in [0.1, 0.15) is 0 Å². The highest BCUT2D eigenvalue weighted by Gasteiger charge is 2.16. The molecular weight excluding hydrogens is 282 g/mol. The highest BCUT2D eigenvalue weighted by molar-refractivity contribution is 7.99. The largest absolute Gasteiger partial charge is 0.329 e. The molecule has 1 unspecified atom stereocenters. The highest BCUT2D eigenvalue weighted by atomic mass is 32.2. The molecule has 0 aliphatic rings. The van der Waals surface area contributed by atoms with Gasteiger partial charge in [-0.25, -0.2) is 0 Å². The average molecular weight is 306 g/mol. The van der Waals surface area contributed by atoms with Crippen molar-refractivity contribution >= 4 is 23.1 Å². The predicted molar refractivity (Wildman–Crippen MR) is 91.9 cm³/mol. The van der Waals surface area contributed by atoms with Crippen LogP contribution in [0.1, 0.15) is 42.0 Å². The summed E-state index contributed by atoms with van der Waals surface area (Å²) in [6.45, 7) is 9.57. The van der Waals surface area contributed by atoms with Gasteiger partial charge in [-0.3, -0.25) is 0 Å². The van der Waals surface area contributed by atoms with E-state index >= 15 is 0 Å². The lowest BCUT2D eigenvalue weighted by molar-refractivity contribution is 0.590. The van der Waals surface area contributed by atoms with Crippen molar-refractivity contribution in [3.8, 4) is 0 Å². The summed E-state index contributed by atoms with van der Waals surface area (Å²) in [6.07, 6.45) is 0. The van der Waals surface area contributed by atoms with Crippen molar-refractivity contribution in [2.75, 3.05) is 6.54 Å². The Labute approximate surface area is 130 Å². The second-order valence-corrected chi connectivity index (χ2v) is 8.31. The lowest BCUT2D eigenvalue weighted by atomic mass is 9.87. The molecule has 0 aliphatic carbocycles. The molecule has 0 bridgehead atoms. The van der Waals surface area contributed by atoms with Crippen LogP contribution < -0.4 is 5.73 Å². The van der Waals surface area contributed by atoms with Crippen LogP contribution in [0, 0.1) is 6.92 Å². The number of hydrogen-bond donors (Lipinski definition) is 1. The summed E-state index contributed by atoms with van der Waals surface area (Å²) in [5, 5.41) is 2.51. The molecule has 1 aromatic carbocycles. The minimum Gasteiger partial charge on any atom is -0.329 e. The Morgan fingerprint density at radius 2 is 1.80 bits per heavy atom. The van der Waals surface area contributed by atoms with Crippen LogP contribution in [0.2, 0.25) is 0 Å². The minimum absolute atomic E-state index is 0.209. The van der Waals surface area contributed by atoms with E-state index in [1.165, 1.54) is 20.9 Å². The first-order chi connectivity index (χ1) is 9.41. The van der Waals surface area contributed by atoms with E-state index in [-0.39, 0.29) is 5.41 Å². The zero-order valence-electron chi connectivity index (χ0n) is 12.6. The lowest BCUT2D eigenvalue weighted by Gasteiger charge is -2.20. The molecule has 2 aromatic rings. The molecule has 0 saturated heterocycles. The smallest absolute Gasteiger partial charge is 0.0563 e. The Hall–Kier alpha value is -0.770. The summed E-state index contributed by atoms with van der Waals surface area (Å²) in [4.78, 5) is 2.69. The van der Waals surface area contributed by atoms with Crippen LogP contribution in [0.25, 0.3) is 0 Å². The number of rotatable bonds is 4. The van der Waals surface area contributed by atoms with E-state index in [0.717, 1.165) is 0 Å². The molecular formula is C17H23NS2. The van der Waals surface area contributed by atoms with Gasteiger partial charge in [-0.15, -0.1) is 23.1 Å². The van der Waals surface area contributed by atoms with Gasteiger partial charge in [0.05, 0.1) is 5.25 Å². The summed E-state index contributed by atoms with van der Waals surface area (Å²) >= 11 is 3.67. The topological polar surface area (TPSA) is 26.0 Å². The average Bonchev–Trinajstić information content (AvgIpc) is 2.82. The SMILES string of the molecule is Cc1ccsc1C(CN)Sc1ccc(C(C)(C)C)cc1. The van der Waals surface area contributed by atoms with E-state index in [2.05, 4.69) is 63.4 Å². The van der Waals surface area contributed by atoms with Crippen LogP contribution >= 0.6 is 23.1 Å². The van der Waals surface area contributed by atoms with Gasteiger partial charge in [0.15, 0.2) is 0 Å². The Bertz CT molecular complexity index is 549. The third-order valence-electron chi connectivity index (χ3n) is 3.41. The number of thioether (sulfide) groups is 1. The van der Waals surface area contributed by atoms with Crippen LogP contribution in [-0.2, 0) is 5.41 Å². The first kappa shape index (κ1) is 15.6. The molecule has 0 fully saturated rings. The number of benzene rings is 1. The molecule has 20 heavy (non-hydrogen) atoms. The Morgan fingerprint density at radius 3 is 2.25 bits per heavy atom. The molecule has 2 rings (SSSR count). The summed E-state index contributed by atoms with van der Waals surface area (Å²) < 4.78 is 0. The Morgan fingerprint density at radius 1 is 1.15 bits per heavy atom. The van der Waals surface area contributed by atoms with Gasteiger partial charge in [0, 0.05) is 16.3 Å². The fourth-order valence-corrected chi connectivity index (χ4v) is 4.36. The lowest BCUT2D eigenvalue weighted by Crippen LogP contribution is -2.11. The number of hydrogen-bond acceptors (Lipinski definition) is 3. The van der Waals surface area contributed by atoms with Crippen molar-refractivity contribution in [2.24, 2.45) is 5.73 Å². The van der Waals surface area contributed by atoms with Crippen molar-refractivity contribution in [3.05, 3.63) is 51.7 Å². The predicted octanol–water partition coefficient (Wildman–Crippen LogP) is 5.15. The van der Waals surface area contributed by atoms with E-state index in [0.29, 0.717) is 11.8 Å². The molecule has 1 aromatic heterocycles. The molecule has 0 radical (unpaired) electrons. The Kier molecular flexibility index (Phi) is 4.95. The Balaban J connectivity index is 2.15. The monoisotopic (exact) mass is 305 g/mol. The third-order valence-corrected chi connectivity index (χ3v) is 5.95. The third kappa shape index (κ3) is 3.66. The molecule has 0 saturated carbocycles. The summed E-state index contributed by atoms with van der Waals surface area (Å²) in [7, 11) is 0. The fourth-order valence-electron chi connectivity index (χ4n) is 2.12. The van der Waals surface area contributed by atoms with Crippen LogP contribution in [0.4, 0.5) is 0 Å². The van der Waals surface area contributed by atoms with E-state index in [1.54, 1.807) is 0 Å². The molecule has 1 nitrogen and oxygen atoms in total. The standard InChI is InChI=1S/C17H23NS2/c1-12-9-10-19-16(12)15(11-18)20-14-7-5-13(6-8-14)17(2,3)4/h5-10,15H,11,18H2,1-4H3. The molecule has 1 heterocycles. The quantitative estimate of drug-likeness (QED) is 0.791. The number of aryl methyl sites for hydroxylation is 1. The van der Waals surface area contributed by atoms with E-state index < -0.39 is 0 Å². The maximum Gasteiger partial charge on any atom is 0.0563 e. The van der Waals surface area contributed by atoms with E-state index in [9.17, 15) is 0 Å². The second kappa shape index (κ2) is 6.33. The van der Waals surface area contributed by atoms with Gasteiger partial charge in [-0.05, 0) is 47.0 Å². The summed E-state index contributed by atoms with van der Waals surface area (Å²) in [5.74, 6) is 0. The molecule has 3 heteroatoms. The fraction of sp³-hybridized carbons (Fsp3) is 0.412. The van der Waals surface area contributed by atoms with Gasteiger partial charge < -0.3 is 5.73 Å². The first-order valence-corrected chi connectivity index (χ1v) is 8.69. The number of nitrogens with two attached hydrogens (primary N) is 1. The van der Waals surface area contributed by atoms with Crippen LogP contribution in [0.5, 0.6) is 0 Å². The molecule has 1 atom stereocenters. The second-order valence-electron chi connectivity index (χ2n) is 6.08. The van der Waals surface area contributed by atoms with Crippen LogP contribution in [0.3, 0.4) is 0 Å². The van der Waals surface area contributed by atoms with Crippen molar-refractivity contribution < 1.29 is 0 Å². The van der Waals surface area contributed by atoms with Crippen molar-refractivity contribution in [3.63, 3.8) is 0 Å². The van der Waals surface area contributed by atoms with Crippen molar-refractivity contribution in [1.82, 2.24) is 0 Å². The maximum atomic E-state index is 5.97. The normalized spacial score (nSPS) is 13.4. The minimum atomic E-state index is 0.209. The molecule has 2 N–H and O–H groups in total. The van der Waals surface area contributed by atoms with Gasteiger partial charge in [0.25, 0.3) is 0 Å². The van der Waals surface area contributed by atoms with Crippen molar-refractivity contribution in [1.29, 1.82) is 0 Å². The van der Waals surface area contributed by atoms with E-state index in [1.807, 2.05) is 23.1 Å².